The molecule has 1 aromatic rings. The van der Waals surface area contributed by atoms with Crippen LogP contribution in [0, 0.1) is 5.41 Å². The molecule has 110 valence electrons. The summed E-state index contributed by atoms with van der Waals surface area (Å²) in [6.45, 7) is 4.40. The minimum Gasteiger partial charge on any atom is -0.356 e. The maximum absolute atomic E-state index is 6.15. The second-order valence-corrected chi connectivity index (χ2v) is 6.80. The van der Waals surface area contributed by atoms with E-state index in [1.165, 1.54) is 38.5 Å². The van der Waals surface area contributed by atoms with Crippen molar-refractivity contribution in [2.24, 2.45) is 5.41 Å². The Morgan fingerprint density at radius 2 is 1.85 bits per heavy atom. The Kier molecular flexibility index (Phi) is 4.16. The fourth-order valence-corrected chi connectivity index (χ4v) is 3.98. The van der Waals surface area contributed by atoms with Crippen LogP contribution in [0.15, 0.2) is 6.07 Å². The van der Waals surface area contributed by atoms with Crippen LogP contribution in [0.1, 0.15) is 57.7 Å². The van der Waals surface area contributed by atoms with Gasteiger partial charge in [0, 0.05) is 25.6 Å². The molecule has 2 heterocycles. The van der Waals surface area contributed by atoms with Gasteiger partial charge in [-0.25, -0.2) is 9.97 Å². The summed E-state index contributed by atoms with van der Waals surface area (Å²) in [5.74, 6) is 1.91. The van der Waals surface area contributed by atoms with Crippen LogP contribution in [-0.4, -0.2) is 23.1 Å². The number of rotatable bonds is 3. The molecular formula is C16H24ClN3. The summed E-state index contributed by atoms with van der Waals surface area (Å²) >= 11 is 6.15. The van der Waals surface area contributed by atoms with Gasteiger partial charge in [-0.05, 0) is 37.5 Å². The summed E-state index contributed by atoms with van der Waals surface area (Å²) in [6.07, 6.45) is 10.3. The first-order chi connectivity index (χ1) is 9.71. The molecule has 2 aliphatic rings. The van der Waals surface area contributed by atoms with Crippen LogP contribution in [0.4, 0.5) is 5.82 Å². The van der Waals surface area contributed by atoms with E-state index in [2.05, 4.69) is 16.8 Å². The molecule has 0 unspecified atom stereocenters. The largest absolute Gasteiger partial charge is 0.356 e. The van der Waals surface area contributed by atoms with Crippen LogP contribution in [0.25, 0.3) is 0 Å². The van der Waals surface area contributed by atoms with E-state index in [1.54, 1.807) is 0 Å². The van der Waals surface area contributed by atoms with Crippen molar-refractivity contribution >= 4 is 17.4 Å². The van der Waals surface area contributed by atoms with Gasteiger partial charge in [-0.15, -0.1) is 0 Å². The summed E-state index contributed by atoms with van der Waals surface area (Å²) in [5, 5.41) is 0.583. The lowest BCUT2D eigenvalue weighted by Gasteiger charge is -2.40. The summed E-state index contributed by atoms with van der Waals surface area (Å²) in [5.41, 5.74) is 0.652. The quantitative estimate of drug-likeness (QED) is 0.781. The van der Waals surface area contributed by atoms with Crippen LogP contribution in [0.3, 0.4) is 0 Å². The molecule has 1 saturated heterocycles. The number of aryl methyl sites for hydroxylation is 1. The van der Waals surface area contributed by atoms with Crippen molar-refractivity contribution in [1.29, 1.82) is 0 Å². The third-order valence-corrected chi connectivity index (χ3v) is 5.21. The van der Waals surface area contributed by atoms with Crippen LogP contribution >= 0.6 is 11.6 Å². The van der Waals surface area contributed by atoms with E-state index in [1.807, 2.05) is 6.07 Å². The van der Waals surface area contributed by atoms with E-state index >= 15 is 0 Å². The molecule has 2 fully saturated rings. The molecule has 1 aliphatic heterocycles. The lowest BCUT2D eigenvalue weighted by molar-refractivity contribution is 0.226. The Bertz CT molecular complexity index is 459. The Balaban J connectivity index is 1.71. The fraction of sp³-hybridized carbons (Fsp3) is 0.750. The average Bonchev–Trinajstić information content (AvgIpc) is 2.88. The lowest BCUT2D eigenvalue weighted by Crippen LogP contribution is -2.39. The van der Waals surface area contributed by atoms with E-state index in [9.17, 15) is 0 Å². The van der Waals surface area contributed by atoms with Crippen LogP contribution in [-0.2, 0) is 6.42 Å². The van der Waals surface area contributed by atoms with E-state index in [-0.39, 0.29) is 0 Å². The maximum Gasteiger partial charge on any atom is 0.134 e. The predicted octanol–water partition coefficient (Wildman–Crippen LogP) is 4.24. The maximum atomic E-state index is 6.15. The predicted molar refractivity (Wildman–Crippen MR) is 83.4 cm³/mol. The number of nitrogens with zero attached hydrogens (tertiary/aromatic N) is 3. The highest BCUT2D eigenvalue weighted by molar-refractivity contribution is 6.29. The smallest absolute Gasteiger partial charge is 0.134 e. The van der Waals surface area contributed by atoms with E-state index in [0.717, 1.165) is 37.6 Å². The van der Waals surface area contributed by atoms with Gasteiger partial charge in [0.15, 0.2) is 0 Å². The Morgan fingerprint density at radius 3 is 2.50 bits per heavy atom. The van der Waals surface area contributed by atoms with Gasteiger partial charge in [0.1, 0.15) is 16.8 Å². The van der Waals surface area contributed by atoms with Crippen LogP contribution in [0.5, 0.6) is 0 Å². The van der Waals surface area contributed by atoms with Gasteiger partial charge in [-0.3, -0.25) is 0 Å². The van der Waals surface area contributed by atoms with Crippen molar-refractivity contribution < 1.29 is 0 Å². The molecule has 0 atom stereocenters. The molecule has 4 heteroatoms. The number of piperidine rings is 1. The second kappa shape index (κ2) is 5.88. The summed E-state index contributed by atoms with van der Waals surface area (Å²) in [6, 6.07) is 1.92. The van der Waals surface area contributed by atoms with E-state index in [0.29, 0.717) is 10.6 Å². The molecule has 0 N–H and O–H groups in total. The Hall–Kier alpha value is -0.830. The van der Waals surface area contributed by atoms with Gasteiger partial charge < -0.3 is 4.90 Å². The van der Waals surface area contributed by atoms with Crippen molar-refractivity contribution in [2.75, 3.05) is 18.0 Å². The minimum absolute atomic E-state index is 0.583. The summed E-state index contributed by atoms with van der Waals surface area (Å²) in [7, 11) is 0. The monoisotopic (exact) mass is 293 g/mol. The number of anilines is 1. The van der Waals surface area contributed by atoms with Gasteiger partial charge in [0.2, 0.25) is 0 Å². The average molecular weight is 294 g/mol. The number of aromatic nitrogens is 2. The zero-order valence-electron chi connectivity index (χ0n) is 12.4. The van der Waals surface area contributed by atoms with Crippen molar-refractivity contribution in [3.8, 4) is 0 Å². The van der Waals surface area contributed by atoms with Gasteiger partial charge >= 0.3 is 0 Å². The molecule has 0 bridgehead atoms. The van der Waals surface area contributed by atoms with Crippen molar-refractivity contribution in [2.45, 2.75) is 58.3 Å². The summed E-state index contributed by atoms with van der Waals surface area (Å²) < 4.78 is 0. The fourth-order valence-electron chi connectivity index (χ4n) is 3.78. The number of hydrogen-bond donors (Lipinski definition) is 0. The highest BCUT2D eigenvalue weighted by Gasteiger charge is 2.37. The number of halogens is 1. The molecule has 0 aromatic carbocycles. The highest BCUT2D eigenvalue weighted by Crippen LogP contribution is 2.46. The molecule has 1 saturated carbocycles. The lowest BCUT2D eigenvalue weighted by atomic mass is 9.77. The Morgan fingerprint density at radius 1 is 1.15 bits per heavy atom. The first-order valence-electron chi connectivity index (χ1n) is 7.99. The molecule has 3 nitrogen and oxygen atoms in total. The van der Waals surface area contributed by atoms with Crippen molar-refractivity contribution in [1.82, 2.24) is 9.97 Å². The van der Waals surface area contributed by atoms with E-state index < -0.39 is 0 Å². The van der Waals surface area contributed by atoms with Crippen LogP contribution < -0.4 is 4.90 Å². The van der Waals surface area contributed by atoms with E-state index in [4.69, 9.17) is 16.6 Å². The SMILES string of the molecule is CCCc1nc(Cl)cc(N2CCC3(CCCC3)CC2)n1. The molecule has 20 heavy (non-hydrogen) atoms. The Labute approximate surface area is 126 Å². The second-order valence-electron chi connectivity index (χ2n) is 6.41. The first kappa shape index (κ1) is 14.1. The highest BCUT2D eigenvalue weighted by atomic mass is 35.5. The summed E-state index contributed by atoms with van der Waals surface area (Å²) in [4.78, 5) is 11.4. The molecule has 0 radical (unpaired) electrons. The standard InChI is InChI=1S/C16H24ClN3/c1-2-5-14-18-13(17)12-15(19-14)20-10-8-16(9-11-20)6-3-4-7-16/h12H,2-11H2,1H3. The minimum atomic E-state index is 0.583. The van der Waals surface area contributed by atoms with Gasteiger partial charge in [-0.2, -0.15) is 0 Å². The van der Waals surface area contributed by atoms with Gasteiger partial charge in [-0.1, -0.05) is 31.4 Å². The molecule has 0 amide bonds. The molecular weight excluding hydrogens is 270 g/mol. The molecule has 1 spiro atoms. The van der Waals surface area contributed by atoms with Crippen LogP contribution in [0.2, 0.25) is 5.15 Å². The zero-order valence-corrected chi connectivity index (χ0v) is 13.1. The topological polar surface area (TPSA) is 29.0 Å². The zero-order chi connectivity index (χ0) is 14.0. The number of hydrogen-bond acceptors (Lipinski definition) is 3. The van der Waals surface area contributed by atoms with Crippen molar-refractivity contribution in [3.63, 3.8) is 0 Å². The molecule has 1 aromatic heterocycles. The van der Waals surface area contributed by atoms with Gasteiger partial charge in [0.05, 0.1) is 0 Å². The molecule has 1 aliphatic carbocycles. The molecule has 3 rings (SSSR count). The first-order valence-corrected chi connectivity index (χ1v) is 8.37. The van der Waals surface area contributed by atoms with Gasteiger partial charge in [0.25, 0.3) is 0 Å². The third-order valence-electron chi connectivity index (χ3n) is 5.01. The normalized spacial score (nSPS) is 21.6. The van der Waals surface area contributed by atoms with Crippen molar-refractivity contribution in [3.05, 3.63) is 17.0 Å². The third kappa shape index (κ3) is 2.93.